The minimum absolute atomic E-state index is 0.659. The molecule has 0 fully saturated rings. The van der Waals surface area contributed by atoms with Crippen molar-refractivity contribution in [3.8, 4) is 0 Å². The van der Waals surface area contributed by atoms with Gasteiger partial charge in [-0.05, 0) is 19.8 Å². The van der Waals surface area contributed by atoms with Crippen molar-refractivity contribution in [2.75, 3.05) is 0 Å². The van der Waals surface area contributed by atoms with Gasteiger partial charge < -0.3 is 0 Å². The second kappa shape index (κ2) is 9.48. The molecule has 0 spiro atoms. The molecular formula is C11H22. The quantitative estimate of drug-likeness (QED) is 0.523. The van der Waals surface area contributed by atoms with E-state index in [-0.39, 0.29) is 0 Å². The number of hydrogen-bond acceptors (Lipinski definition) is 0. The second-order valence-corrected chi connectivity index (χ2v) is 2.44. The van der Waals surface area contributed by atoms with E-state index in [0.29, 0.717) is 5.92 Å². The van der Waals surface area contributed by atoms with Gasteiger partial charge in [0.2, 0.25) is 0 Å². The summed E-state index contributed by atoms with van der Waals surface area (Å²) in [5.41, 5.74) is 1.41. The molecule has 66 valence electrons. The van der Waals surface area contributed by atoms with Crippen LogP contribution < -0.4 is 0 Å². The molecule has 0 heteroatoms. The van der Waals surface area contributed by atoms with E-state index in [2.05, 4.69) is 39.0 Å². The summed E-state index contributed by atoms with van der Waals surface area (Å²) in [5, 5.41) is 0. The Kier molecular flexibility index (Phi) is 11.3. The zero-order valence-corrected chi connectivity index (χ0v) is 8.81. The molecule has 0 aromatic heterocycles. The molecule has 0 bridgehead atoms. The summed E-state index contributed by atoms with van der Waals surface area (Å²) in [7, 11) is 0. The average Bonchev–Trinajstić information content (AvgIpc) is 2.03. The summed E-state index contributed by atoms with van der Waals surface area (Å²) < 4.78 is 0. The van der Waals surface area contributed by atoms with Crippen LogP contribution >= 0.6 is 0 Å². The van der Waals surface area contributed by atoms with Crippen LogP contribution in [0.15, 0.2) is 23.8 Å². The Morgan fingerprint density at radius 3 is 1.64 bits per heavy atom. The SMILES string of the molecule is C/C=C\C(=C/C)C(C)C.CC. The summed E-state index contributed by atoms with van der Waals surface area (Å²) >= 11 is 0. The van der Waals surface area contributed by atoms with Gasteiger partial charge in [-0.25, -0.2) is 0 Å². The van der Waals surface area contributed by atoms with Crippen LogP contribution in [0.2, 0.25) is 0 Å². The van der Waals surface area contributed by atoms with E-state index < -0.39 is 0 Å². The highest BCUT2D eigenvalue weighted by Gasteiger charge is 1.94. The molecule has 0 aromatic carbocycles. The molecular weight excluding hydrogens is 132 g/mol. The van der Waals surface area contributed by atoms with Gasteiger partial charge >= 0.3 is 0 Å². The van der Waals surface area contributed by atoms with Crippen molar-refractivity contribution >= 4 is 0 Å². The third kappa shape index (κ3) is 7.38. The van der Waals surface area contributed by atoms with Crippen LogP contribution in [-0.2, 0) is 0 Å². The lowest BCUT2D eigenvalue weighted by molar-refractivity contribution is 0.789. The van der Waals surface area contributed by atoms with Crippen molar-refractivity contribution in [2.45, 2.75) is 41.5 Å². The normalized spacial score (nSPS) is 11.7. The lowest BCUT2D eigenvalue weighted by Crippen LogP contribution is -1.88. The van der Waals surface area contributed by atoms with Crippen molar-refractivity contribution in [1.29, 1.82) is 0 Å². The number of allylic oxidation sites excluding steroid dienone is 4. The third-order valence-corrected chi connectivity index (χ3v) is 1.36. The maximum Gasteiger partial charge on any atom is -0.0222 e. The highest BCUT2D eigenvalue weighted by molar-refractivity contribution is 5.18. The lowest BCUT2D eigenvalue weighted by Gasteiger charge is -2.03. The summed E-state index contributed by atoms with van der Waals surface area (Å²) in [5.74, 6) is 0.659. The molecule has 0 aliphatic heterocycles. The molecule has 0 aliphatic rings. The zero-order valence-electron chi connectivity index (χ0n) is 8.81. The fraction of sp³-hybridized carbons (Fsp3) is 0.636. The van der Waals surface area contributed by atoms with Gasteiger partial charge in [0.05, 0.1) is 0 Å². The fourth-order valence-corrected chi connectivity index (χ4v) is 0.814. The molecule has 0 saturated carbocycles. The molecule has 0 nitrogen and oxygen atoms in total. The molecule has 11 heavy (non-hydrogen) atoms. The molecule has 0 amide bonds. The van der Waals surface area contributed by atoms with Gasteiger partial charge in [0.25, 0.3) is 0 Å². The van der Waals surface area contributed by atoms with Crippen molar-refractivity contribution < 1.29 is 0 Å². The van der Waals surface area contributed by atoms with Crippen molar-refractivity contribution in [3.63, 3.8) is 0 Å². The second-order valence-electron chi connectivity index (χ2n) is 2.44. The van der Waals surface area contributed by atoms with Gasteiger partial charge in [-0.3, -0.25) is 0 Å². The molecule has 0 aromatic rings. The topological polar surface area (TPSA) is 0 Å². The van der Waals surface area contributed by atoms with Gasteiger partial charge in [-0.1, -0.05) is 51.5 Å². The van der Waals surface area contributed by atoms with Gasteiger partial charge in [-0.2, -0.15) is 0 Å². The monoisotopic (exact) mass is 154 g/mol. The predicted molar refractivity (Wildman–Crippen MR) is 54.8 cm³/mol. The maximum absolute atomic E-state index is 2.20. The van der Waals surface area contributed by atoms with E-state index in [0.717, 1.165) is 0 Å². The molecule has 0 aliphatic carbocycles. The zero-order chi connectivity index (χ0) is 9.28. The van der Waals surface area contributed by atoms with Crippen LogP contribution in [0.5, 0.6) is 0 Å². The Morgan fingerprint density at radius 1 is 1.09 bits per heavy atom. The molecule has 0 N–H and O–H groups in total. The average molecular weight is 154 g/mol. The Morgan fingerprint density at radius 2 is 1.55 bits per heavy atom. The largest absolute Gasteiger partial charge is 0.0874 e. The Labute approximate surface area is 72.0 Å². The van der Waals surface area contributed by atoms with Crippen LogP contribution in [0, 0.1) is 5.92 Å². The first kappa shape index (κ1) is 13.1. The minimum atomic E-state index is 0.659. The highest BCUT2D eigenvalue weighted by atomic mass is 14.0. The fourth-order valence-electron chi connectivity index (χ4n) is 0.814. The molecule has 0 unspecified atom stereocenters. The van der Waals surface area contributed by atoms with Crippen LogP contribution in [0.3, 0.4) is 0 Å². The Bertz CT molecular complexity index is 116. The maximum atomic E-state index is 2.20. The summed E-state index contributed by atoms with van der Waals surface area (Å²) in [6.45, 7) is 12.5. The predicted octanol–water partition coefficient (Wildman–Crippen LogP) is 4.19. The van der Waals surface area contributed by atoms with Crippen LogP contribution in [0.4, 0.5) is 0 Å². The molecule has 0 atom stereocenters. The first-order chi connectivity index (χ1) is 5.22. The van der Waals surface area contributed by atoms with E-state index in [1.165, 1.54) is 5.57 Å². The highest BCUT2D eigenvalue weighted by Crippen LogP contribution is 2.09. The first-order valence-corrected chi connectivity index (χ1v) is 4.51. The van der Waals surface area contributed by atoms with E-state index in [4.69, 9.17) is 0 Å². The van der Waals surface area contributed by atoms with Gasteiger partial charge in [0.1, 0.15) is 0 Å². The van der Waals surface area contributed by atoms with Gasteiger partial charge in [-0.15, -0.1) is 0 Å². The first-order valence-electron chi connectivity index (χ1n) is 4.51. The van der Waals surface area contributed by atoms with E-state index in [9.17, 15) is 0 Å². The van der Waals surface area contributed by atoms with E-state index in [1.807, 2.05) is 20.8 Å². The number of rotatable bonds is 2. The minimum Gasteiger partial charge on any atom is -0.0874 e. The standard InChI is InChI=1S/C9H16.C2H6/c1-5-7-9(6-2)8(3)4;1-2/h5-8H,1-4H3;1-2H3/b7-5-,9-6+;. The summed E-state index contributed by atoms with van der Waals surface area (Å²) in [6.07, 6.45) is 6.39. The third-order valence-electron chi connectivity index (χ3n) is 1.36. The summed E-state index contributed by atoms with van der Waals surface area (Å²) in [6, 6.07) is 0. The molecule has 0 rings (SSSR count). The van der Waals surface area contributed by atoms with E-state index >= 15 is 0 Å². The Hall–Kier alpha value is -0.520. The molecule has 0 heterocycles. The van der Waals surface area contributed by atoms with Crippen LogP contribution in [0.1, 0.15) is 41.5 Å². The van der Waals surface area contributed by atoms with Crippen molar-refractivity contribution in [1.82, 2.24) is 0 Å². The van der Waals surface area contributed by atoms with Gasteiger partial charge in [0, 0.05) is 0 Å². The van der Waals surface area contributed by atoms with Gasteiger partial charge in [0.15, 0.2) is 0 Å². The Balaban J connectivity index is 0. The number of hydrogen-bond donors (Lipinski definition) is 0. The smallest absolute Gasteiger partial charge is 0.0222 e. The molecule has 0 saturated heterocycles. The van der Waals surface area contributed by atoms with Crippen molar-refractivity contribution in [2.24, 2.45) is 5.92 Å². The van der Waals surface area contributed by atoms with E-state index in [1.54, 1.807) is 0 Å². The van der Waals surface area contributed by atoms with Crippen LogP contribution in [-0.4, -0.2) is 0 Å². The lowest BCUT2D eigenvalue weighted by atomic mass is 10.0. The molecule has 0 radical (unpaired) electrons. The van der Waals surface area contributed by atoms with Crippen LogP contribution in [0.25, 0.3) is 0 Å². The van der Waals surface area contributed by atoms with Crippen molar-refractivity contribution in [3.05, 3.63) is 23.8 Å². The summed E-state index contributed by atoms with van der Waals surface area (Å²) in [4.78, 5) is 0.